The van der Waals surface area contributed by atoms with Crippen molar-refractivity contribution in [2.24, 2.45) is 0 Å². The van der Waals surface area contributed by atoms with Gasteiger partial charge in [0.15, 0.2) is 0 Å². The second-order valence-corrected chi connectivity index (χ2v) is 2.81. The summed E-state index contributed by atoms with van der Waals surface area (Å²) >= 11 is 0. The molecular weight excluding hydrogens is 333 g/mol. The van der Waals surface area contributed by atoms with Crippen molar-refractivity contribution in [1.82, 2.24) is 0 Å². The molecule has 0 aromatic heterocycles. The third-order valence-corrected chi connectivity index (χ3v) is 1.92. The molecule has 0 N–H and O–H groups in total. The average Bonchev–Trinajstić information content (AvgIpc) is 2.48. The van der Waals surface area contributed by atoms with Crippen molar-refractivity contribution in [1.29, 1.82) is 0 Å². The molecule has 0 radical (unpaired) electrons. The summed E-state index contributed by atoms with van der Waals surface area (Å²) in [4.78, 5) is 15.5. The first-order valence-electron chi connectivity index (χ1n) is 5.52. The number of hydrogen-bond donors (Lipinski definition) is 0. The fourth-order valence-electron chi connectivity index (χ4n) is 0.961. The first-order chi connectivity index (χ1) is 8.69. The van der Waals surface area contributed by atoms with Crippen molar-refractivity contribution in [3.63, 3.8) is 0 Å². The van der Waals surface area contributed by atoms with E-state index >= 15 is 0 Å². The smallest absolute Gasteiger partial charge is 0.681 e. The van der Waals surface area contributed by atoms with Gasteiger partial charge in [0.05, 0.1) is 0 Å². The summed E-state index contributed by atoms with van der Waals surface area (Å²) in [5.41, 5.74) is 0. The van der Waals surface area contributed by atoms with Gasteiger partial charge in [0.2, 0.25) is 0 Å². The molecule has 0 heterocycles. The van der Waals surface area contributed by atoms with Gasteiger partial charge in [-0.2, -0.15) is 28.2 Å². The Morgan fingerprint density at radius 3 is 0.842 bits per heavy atom. The van der Waals surface area contributed by atoms with E-state index in [4.69, 9.17) is 9.59 Å². The topological polar surface area (TPSA) is 90.5 Å². The van der Waals surface area contributed by atoms with Crippen molar-refractivity contribution in [2.45, 2.75) is 39.0 Å². The summed E-state index contributed by atoms with van der Waals surface area (Å²) in [5, 5.41) is 15.8. The van der Waals surface area contributed by atoms with Gasteiger partial charge < -0.3 is 30.9 Å². The molecule has 6 nitrogen and oxygen atoms in total. The summed E-state index contributed by atoms with van der Waals surface area (Å²) in [5.74, 6) is 0. The number of hydrogen-bond acceptors (Lipinski definition) is 2. The molecular formula is C12H26N4O2Ru. The molecule has 0 rings (SSSR count). The molecule has 0 aromatic rings. The van der Waals surface area contributed by atoms with Gasteiger partial charge >= 0.3 is 19.5 Å². The second kappa shape index (κ2) is 36.1. The summed E-state index contributed by atoms with van der Waals surface area (Å²) in [6.45, 7) is 10.6. The zero-order valence-corrected chi connectivity index (χ0v) is 14.4. The van der Waals surface area contributed by atoms with E-state index in [0.29, 0.717) is 0 Å². The van der Waals surface area contributed by atoms with Crippen LogP contribution < -0.4 is 0 Å². The molecule has 0 saturated carbocycles. The molecule has 7 heteroatoms. The maximum absolute atomic E-state index is 7.75. The van der Waals surface area contributed by atoms with Crippen molar-refractivity contribution in [2.75, 3.05) is 28.2 Å². The van der Waals surface area contributed by atoms with Crippen LogP contribution in [0.25, 0.3) is 21.3 Å². The van der Waals surface area contributed by atoms with Gasteiger partial charge in [-0.25, -0.2) is 12.3 Å². The van der Waals surface area contributed by atoms with E-state index in [1.54, 1.807) is 28.2 Å². The Balaban J connectivity index is -0.0000000522. The minimum absolute atomic E-state index is 0. The van der Waals surface area contributed by atoms with E-state index in [0.717, 1.165) is 12.8 Å². The van der Waals surface area contributed by atoms with Crippen LogP contribution in [0.1, 0.15) is 26.7 Å². The third kappa shape index (κ3) is 31.9. The molecule has 0 aliphatic carbocycles. The normalized spacial score (nSPS) is 8.00. The first kappa shape index (κ1) is 31.3. The summed E-state index contributed by atoms with van der Waals surface area (Å²) in [6.07, 6.45) is 2.51. The van der Waals surface area contributed by atoms with Crippen molar-refractivity contribution in [3.8, 4) is 0 Å². The Morgan fingerprint density at radius 1 is 0.684 bits per heavy atom. The van der Waals surface area contributed by atoms with Crippen molar-refractivity contribution in [3.05, 3.63) is 21.3 Å². The SMILES string of the molecule is CCC([N-]C)[N-]C.CCC([N-]C)[N-]C.[CH-]=O.[CH-]=O.[Ru+6]. The van der Waals surface area contributed by atoms with E-state index in [1.807, 2.05) is 0 Å². The molecule has 0 atom stereocenters. The number of nitrogens with zero attached hydrogens (tertiary/aromatic N) is 4. The van der Waals surface area contributed by atoms with Gasteiger partial charge in [-0.15, -0.1) is 0 Å². The standard InChI is InChI=1S/2C5H12N2.2CHO.Ru/c2*1-4-5(6-2)7-3;2*1-2;/h2*5H,4H2,1-3H3;2*1H;/q2*-2;2*-1;+6. The molecule has 0 aliphatic rings. The van der Waals surface area contributed by atoms with E-state index in [-0.39, 0.29) is 31.8 Å². The summed E-state index contributed by atoms with van der Waals surface area (Å²) in [7, 11) is 7.17. The van der Waals surface area contributed by atoms with Crippen LogP contribution in [0.2, 0.25) is 0 Å². The number of rotatable bonds is 6. The summed E-state index contributed by atoms with van der Waals surface area (Å²) in [6, 6.07) is 0. The molecule has 0 aromatic carbocycles. The van der Waals surface area contributed by atoms with Crippen LogP contribution in [0.3, 0.4) is 0 Å². The van der Waals surface area contributed by atoms with E-state index in [9.17, 15) is 0 Å². The molecule has 0 saturated heterocycles. The van der Waals surface area contributed by atoms with E-state index in [2.05, 4.69) is 48.7 Å². The van der Waals surface area contributed by atoms with Gasteiger partial charge in [0.1, 0.15) is 0 Å². The van der Waals surface area contributed by atoms with Crippen molar-refractivity contribution < 1.29 is 29.1 Å². The monoisotopic (exact) mass is 360 g/mol. The summed E-state index contributed by atoms with van der Waals surface area (Å²) < 4.78 is 0. The minimum atomic E-state index is 0. The van der Waals surface area contributed by atoms with Gasteiger partial charge in [0, 0.05) is 0 Å². The Labute approximate surface area is 131 Å². The predicted molar refractivity (Wildman–Crippen MR) is 78.8 cm³/mol. The van der Waals surface area contributed by atoms with Crippen LogP contribution in [0.5, 0.6) is 0 Å². The van der Waals surface area contributed by atoms with Crippen LogP contribution in [-0.4, -0.2) is 54.1 Å². The van der Waals surface area contributed by atoms with Crippen LogP contribution in [-0.2, 0) is 29.1 Å². The zero-order valence-electron chi connectivity index (χ0n) is 12.7. The fourth-order valence-corrected chi connectivity index (χ4v) is 0.961. The molecule has 0 unspecified atom stereocenters. The van der Waals surface area contributed by atoms with E-state index in [1.165, 1.54) is 0 Å². The molecule has 0 amide bonds. The molecule has 0 fully saturated rings. The minimum Gasteiger partial charge on any atom is -0.681 e. The van der Waals surface area contributed by atoms with E-state index < -0.39 is 0 Å². The Hall–Kier alpha value is -0.197. The Bertz CT molecular complexity index is 101. The fraction of sp³-hybridized carbons (Fsp3) is 0.833. The predicted octanol–water partition coefficient (Wildman–Crippen LogP) is 2.91. The first-order valence-corrected chi connectivity index (χ1v) is 5.52. The van der Waals surface area contributed by atoms with Crippen LogP contribution >= 0.6 is 0 Å². The largest absolute Gasteiger partial charge is 6.00 e. The van der Waals surface area contributed by atoms with Crippen LogP contribution in [0.15, 0.2) is 0 Å². The maximum Gasteiger partial charge on any atom is 6.00 e. The second-order valence-electron chi connectivity index (χ2n) is 2.81. The van der Waals surface area contributed by atoms with Gasteiger partial charge in [0.25, 0.3) is 0 Å². The Morgan fingerprint density at radius 2 is 0.842 bits per heavy atom. The maximum atomic E-state index is 7.75. The average molecular weight is 359 g/mol. The molecule has 114 valence electrons. The zero-order chi connectivity index (χ0) is 15.4. The Kier molecular flexibility index (Phi) is 59.4. The molecule has 19 heavy (non-hydrogen) atoms. The number of carbonyl (C=O) groups excluding carboxylic acids is 2. The van der Waals surface area contributed by atoms with Gasteiger partial charge in [-0.3, -0.25) is 13.6 Å². The molecule has 0 spiro atoms. The van der Waals surface area contributed by atoms with Crippen LogP contribution in [0.4, 0.5) is 0 Å². The quantitative estimate of drug-likeness (QED) is 0.414. The third-order valence-electron chi connectivity index (χ3n) is 1.92. The van der Waals surface area contributed by atoms with Gasteiger partial charge in [-0.1, -0.05) is 26.7 Å². The van der Waals surface area contributed by atoms with Crippen molar-refractivity contribution >= 4 is 13.6 Å². The molecule has 0 bridgehead atoms. The molecule has 0 aliphatic heterocycles. The van der Waals surface area contributed by atoms with Crippen LogP contribution in [0, 0.1) is 0 Å². The van der Waals surface area contributed by atoms with Gasteiger partial charge in [-0.05, 0) is 0 Å².